The summed E-state index contributed by atoms with van der Waals surface area (Å²) in [5.74, 6) is 5.06. The Balaban J connectivity index is 1.32. The van der Waals surface area contributed by atoms with Crippen molar-refractivity contribution >= 4 is 0 Å². The molecule has 6 atom stereocenters. The summed E-state index contributed by atoms with van der Waals surface area (Å²) in [5.41, 5.74) is 1.49. The molecule has 0 spiro atoms. The molecule has 0 amide bonds. The molecule has 0 aromatic heterocycles. The molecule has 0 radical (unpaired) electrons. The fraction of sp³-hybridized carbons (Fsp3) is 0.579. The molecule has 104 valence electrons. The van der Waals surface area contributed by atoms with E-state index in [1.165, 1.54) is 37.9 Å². The summed E-state index contributed by atoms with van der Waals surface area (Å²) in [4.78, 5) is 2.79. The highest BCUT2D eigenvalue weighted by Crippen LogP contribution is 2.69. The van der Waals surface area contributed by atoms with Crippen molar-refractivity contribution in [2.75, 3.05) is 6.54 Å². The Morgan fingerprint density at radius 1 is 0.950 bits per heavy atom. The molecule has 2 bridgehead atoms. The number of likely N-dealkylation sites (tertiary alicyclic amines) is 1. The zero-order valence-corrected chi connectivity index (χ0v) is 12.0. The Bertz CT molecular complexity index is 516. The van der Waals surface area contributed by atoms with Crippen LogP contribution in [0.2, 0.25) is 0 Å². The lowest BCUT2D eigenvalue weighted by molar-refractivity contribution is 0.200. The van der Waals surface area contributed by atoms with E-state index in [2.05, 4.69) is 47.4 Å². The lowest BCUT2D eigenvalue weighted by Gasteiger charge is -2.27. The van der Waals surface area contributed by atoms with Crippen LogP contribution < -0.4 is 0 Å². The molecule has 1 heteroatoms. The van der Waals surface area contributed by atoms with Crippen LogP contribution in [-0.4, -0.2) is 17.5 Å². The molecule has 1 heterocycles. The van der Waals surface area contributed by atoms with Gasteiger partial charge in [-0.2, -0.15) is 0 Å². The molecule has 1 saturated heterocycles. The van der Waals surface area contributed by atoms with Crippen LogP contribution in [0.5, 0.6) is 0 Å². The van der Waals surface area contributed by atoms with Gasteiger partial charge in [-0.3, -0.25) is 4.90 Å². The first kappa shape index (κ1) is 11.6. The van der Waals surface area contributed by atoms with Crippen molar-refractivity contribution < 1.29 is 0 Å². The highest BCUT2D eigenvalue weighted by Gasteiger charge is 2.66. The first-order chi connectivity index (χ1) is 9.92. The number of fused-ring (bicyclic) bond motifs is 5. The molecule has 1 aromatic rings. The van der Waals surface area contributed by atoms with Gasteiger partial charge in [0.05, 0.1) is 0 Å². The highest BCUT2D eigenvalue weighted by atomic mass is 15.2. The van der Waals surface area contributed by atoms with Gasteiger partial charge in [0, 0.05) is 12.6 Å². The maximum atomic E-state index is 2.79. The third-order valence-corrected chi connectivity index (χ3v) is 6.42. The van der Waals surface area contributed by atoms with Gasteiger partial charge >= 0.3 is 0 Å². The van der Waals surface area contributed by atoms with E-state index in [1.807, 2.05) is 0 Å². The summed E-state index contributed by atoms with van der Waals surface area (Å²) in [6, 6.07) is 11.9. The Morgan fingerprint density at radius 2 is 1.70 bits per heavy atom. The predicted octanol–water partition coefficient (Wildman–Crippen LogP) is 3.72. The number of benzene rings is 1. The number of hydrogen-bond acceptors (Lipinski definition) is 1. The largest absolute Gasteiger partial charge is 0.296 e. The molecule has 1 aromatic carbocycles. The van der Waals surface area contributed by atoms with E-state index in [1.54, 1.807) is 0 Å². The number of hydrogen-bond donors (Lipinski definition) is 0. The van der Waals surface area contributed by atoms with Crippen molar-refractivity contribution in [2.45, 2.75) is 31.8 Å². The van der Waals surface area contributed by atoms with Crippen LogP contribution >= 0.6 is 0 Å². The highest BCUT2D eigenvalue weighted by molar-refractivity contribution is 5.26. The fourth-order valence-electron chi connectivity index (χ4n) is 5.67. The topological polar surface area (TPSA) is 3.24 Å². The Hall–Kier alpha value is -1.08. The van der Waals surface area contributed by atoms with Gasteiger partial charge in [0.25, 0.3) is 0 Å². The molecular weight excluding hydrogens is 242 g/mol. The smallest absolute Gasteiger partial charge is 0.0236 e. The molecule has 5 rings (SSSR count). The average Bonchev–Trinajstić information content (AvgIpc) is 2.88. The van der Waals surface area contributed by atoms with Gasteiger partial charge in [-0.05, 0) is 61.0 Å². The van der Waals surface area contributed by atoms with Crippen LogP contribution in [0.15, 0.2) is 42.5 Å². The van der Waals surface area contributed by atoms with Gasteiger partial charge in [-0.15, -0.1) is 0 Å². The SMILES string of the molecule is C1=C[C@H]2C[C@@H]1[C@@H]1C(C3CCCN3Cc3ccccc3)[C@@H]12. The van der Waals surface area contributed by atoms with Gasteiger partial charge in [0.15, 0.2) is 0 Å². The van der Waals surface area contributed by atoms with Crippen LogP contribution in [0, 0.1) is 29.6 Å². The van der Waals surface area contributed by atoms with Crippen LogP contribution in [0.4, 0.5) is 0 Å². The van der Waals surface area contributed by atoms with Gasteiger partial charge in [0.2, 0.25) is 0 Å². The predicted molar refractivity (Wildman–Crippen MR) is 81.1 cm³/mol. The standard InChI is InChI=1S/C19H23N/c1-2-5-13(6-3-1)12-20-10-4-7-16(20)19-17-14-8-9-15(11-14)18(17)19/h1-3,5-6,8-9,14-19H,4,7,10-12H2/t14-,15+,16?,17+,18-,19?. The van der Waals surface area contributed by atoms with E-state index in [0.717, 1.165) is 35.6 Å². The lowest BCUT2D eigenvalue weighted by Crippen LogP contribution is -2.32. The molecule has 1 aliphatic heterocycles. The molecule has 4 aliphatic rings. The molecular formula is C19H23N. The first-order valence-corrected chi connectivity index (χ1v) is 8.38. The Morgan fingerprint density at radius 3 is 2.45 bits per heavy atom. The number of nitrogens with zero attached hydrogens (tertiary/aromatic N) is 1. The molecule has 3 fully saturated rings. The van der Waals surface area contributed by atoms with E-state index >= 15 is 0 Å². The molecule has 1 nitrogen and oxygen atoms in total. The van der Waals surface area contributed by atoms with Crippen molar-refractivity contribution in [3.63, 3.8) is 0 Å². The van der Waals surface area contributed by atoms with E-state index in [9.17, 15) is 0 Å². The molecule has 2 saturated carbocycles. The minimum Gasteiger partial charge on any atom is -0.296 e. The minimum absolute atomic E-state index is 0.885. The summed E-state index contributed by atoms with van der Waals surface area (Å²) in [6.45, 7) is 2.49. The monoisotopic (exact) mass is 265 g/mol. The third-order valence-electron chi connectivity index (χ3n) is 6.42. The third kappa shape index (κ3) is 1.59. The van der Waals surface area contributed by atoms with Crippen molar-refractivity contribution in [3.05, 3.63) is 48.0 Å². The van der Waals surface area contributed by atoms with Gasteiger partial charge in [-0.1, -0.05) is 42.5 Å². The van der Waals surface area contributed by atoms with Gasteiger partial charge in [-0.25, -0.2) is 0 Å². The van der Waals surface area contributed by atoms with Crippen molar-refractivity contribution in [2.24, 2.45) is 29.6 Å². The number of rotatable bonds is 3. The summed E-state index contributed by atoms with van der Waals surface area (Å²) >= 11 is 0. The summed E-state index contributed by atoms with van der Waals surface area (Å²) < 4.78 is 0. The molecule has 20 heavy (non-hydrogen) atoms. The van der Waals surface area contributed by atoms with Crippen LogP contribution in [0.3, 0.4) is 0 Å². The summed E-state index contributed by atoms with van der Waals surface area (Å²) in [6.07, 6.45) is 9.40. The maximum absolute atomic E-state index is 2.79. The quantitative estimate of drug-likeness (QED) is 0.753. The minimum atomic E-state index is 0.885. The summed E-state index contributed by atoms with van der Waals surface area (Å²) in [7, 11) is 0. The van der Waals surface area contributed by atoms with Crippen molar-refractivity contribution in [1.82, 2.24) is 4.90 Å². The van der Waals surface area contributed by atoms with Gasteiger partial charge in [0.1, 0.15) is 0 Å². The Labute approximate surface area is 121 Å². The van der Waals surface area contributed by atoms with Crippen molar-refractivity contribution in [1.29, 1.82) is 0 Å². The van der Waals surface area contributed by atoms with E-state index in [4.69, 9.17) is 0 Å². The normalized spacial score (nSPS) is 45.0. The second-order valence-electron chi connectivity index (χ2n) is 7.35. The fourth-order valence-corrected chi connectivity index (χ4v) is 5.67. The Kier molecular flexibility index (Phi) is 2.43. The second kappa shape index (κ2) is 4.21. The van der Waals surface area contributed by atoms with Gasteiger partial charge < -0.3 is 0 Å². The second-order valence-corrected chi connectivity index (χ2v) is 7.35. The zero-order valence-electron chi connectivity index (χ0n) is 12.0. The summed E-state index contributed by atoms with van der Waals surface area (Å²) in [5, 5.41) is 0. The molecule has 3 aliphatic carbocycles. The maximum Gasteiger partial charge on any atom is 0.0236 e. The average molecular weight is 265 g/mol. The molecule has 2 unspecified atom stereocenters. The van der Waals surface area contributed by atoms with E-state index in [-0.39, 0.29) is 0 Å². The zero-order chi connectivity index (χ0) is 13.1. The van der Waals surface area contributed by atoms with E-state index in [0.29, 0.717) is 0 Å². The number of allylic oxidation sites excluding steroid dienone is 2. The lowest BCUT2D eigenvalue weighted by atomic mass is 9.95. The van der Waals surface area contributed by atoms with Crippen LogP contribution in [-0.2, 0) is 6.54 Å². The first-order valence-electron chi connectivity index (χ1n) is 8.38. The van der Waals surface area contributed by atoms with E-state index < -0.39 is 0 Å². The van der Waals surface area contributed by atoms with Crippen LogP contribution in [0.1, 0.15) is 24.8 Å². The van der Waals surface area contributed by atoms with Crippen molar-refractivity contribution in [3.8, 4) is 0 Å². The van der Waals surface area contributed by atoms with Crippen LogP contribution in [0.25, 0.3) is 0 Å². The molecule has 0 N–H and O–H groups in total.